The smallest absolute Gasteiger partial charge is 0.347 e. The number of rotatable bonds is 6. The molecule has 29 heavy (non-hydrogen) atoms. The molecule has 2 aromatic heterocycles. The second-order valence-electron chi connectivity index (χ2n) is 6.27. The number of hydrogen-bond acceptors (Lipinski definition) is 5. The number of nitrogens with two attached hydrogens (primary N) is 1. The number of nitrogens with zero attached hydrogens (tertiary/aromatic N) is 3. The van der Waals surface area contributed by atoms with Crippen LogP contribution in [0, 0.1) is 0 Å². The Kier molecular flexibility index (Phi) is 6.25. The van der Waals surface area contributed by atoms with Gasteiger partial charge in [-0.2, -0.15) is 18.3 Å². The van der Waals surface area contributed by atoms with Crippen LogP contribution in [0.4, 0.5) is 13.2 Å². The SMILES string of the molecule is Cn1ncnc1-c1cc(C(=O)NC(CN)Cc2ccccc2C(F)(F)F)sc1Cl. The minimum absolute atomic E-state index is 0.0207. The average molecular weight is 444 g/mol. The summed E-state index contributed by atoms with van der Waals surface area (Å²) in [6, 6.07) is 6.13. The van der Waals surface area contributed by atoms with E-state index in [1.54, 1.807) is 13.1 Å². The lowest BCUT2D eigenvalue weighted by molar-refractivity contribution is -0.138. The molecular formula is C18H17ClF3N5OS. The molecule has 0 fully saturated rings. The minimum atomic E-state index is -4.48. The lowest BCUT2D eigenvalue weighted by atomic mass is 9.99. The number of halogens is 4. The highest BCUT2D eigenvalue weighted by molar-refractivity contribution is 7.18. The largest absolute Gasteiger partial charge is 0.416 e. The highest BCUT2D eigenvalue weighted by Gasteiger charge is 2.33. The van der Waals surface area contributed by atoms with Crippen LogP contribution in [0.15, 0.2) is 36.7 Å². The fraction of sp³-hybridized carbons (Fsp3) is 0.278. The van der Waals surface area contributed by atoms with Crippen molar-refractivity contribution >= 4 is 28.8 Å². The number of hydrogen-bond donors (Lipinski definition) is 2. The summed E-state index contributed by atoms with van der Waals surface area (Å²) in [4.78, 5) is 17.0. The van der Waals surface area contributed by atoms with Gasteiger partial charge in [0.2, 0.25) is 0 Å². The van der Waals surface area contributed by atoms with E-state index >= 15 is 0 Å². The Morgan fingerprint density at radius 2 is 2.10 bits per heavy atom. The van der Waals surface area contributed by atoms with Crippen molar-refractivity contribution in [1.82, 2.24) is 20.1 Å². The van der Waals surface area contributed by atoms with E-state index in [0.29, 0.717) is 20.6 Å². The first-order valence-corrected chi connectivity index (χ1v) is 9.70. The van der Waals surface area contributed by atoms with Gasteiger partial charge in [-0.05, 0) is 24.1 Å². The highest BCUT2D eigenvalue weighted by Crippen LogP contribution is 2.35. The zero-order valence-corrected chi connectivity index (χ0v) is 16.8. The standard InChI is InChI=1S/C18H17ClF3N5OS/c1-27-16(24-9-25-27)12-7-14(29-15(12)19)17(28)26-11(8-23)6-10-4-2-3-5-13(10)18(20,21)22/h2-5,7,9,11H,6,8,23H2,1H3,(H,26,28). The number of benzene rings is 1. The Morgan fingerprint density at radius 1 is 1.38 bits per heavy atom. The van der Waals surface area contributed by atoms with Crippen molar-refractivity contribution in [3.05, 3.63) is 57.0 Å². The molecule has 0 radical (unpaired) electrons. The van der Waals surface area contributed by atoms with E-state index in [4.69, 9.17) is 17.3 Å². The van der Waals surface area contributed by atoms with Crippen LogP contribution in [0.1, 0.15) is 20.8 Å². The van der Waals surface area contributed by atoms with E-state index < -0.39 is 23.7 Å². The van der Waals surface area contributed by atoms with Crippen molar-refractivity contribution < 1.29 is 18.0 Å². The van der Waals surface area contributed by atoms with E-state index in [9.17, 15) is 18.0 Å². The summed E-state index contributed by atoms with van der Waals surface area (Å²) < 4.78 is 41.5. The summed E-state index contributed by atoms with van der Waals surface area (Å²) in [5, 5.41) is 6.66. The number of aromatic nitrogens is 3. The topological polar surface area (TPSA) is 85.8 Å². The van der Waals surface area contributed by atoms with Gasteiger partial charge < -0.3 is 11.1 Å². The van der Waals surface area contributed by atoms with Crippen molar-refractivity contribution in [2.45, 2.75) is 18.6 Å². The Bertz CT molecular complexity index is 1020. The van der Waals surface area contributed by atoms with Gasteiger partial charge in [0.05, 0.1) is 10.4 Å². The number of aryl methyl sites for hydroxylation is 1. The van der Waals surface area contributed by atoms with Crippen LogP contribution in [-0.4, -0.2) is 33.3 Å². The molecule has 6 nitrogen and oxygen atoms in total. The first-order chi connectivity index (χ1) is 13.7. The zero-order chi connectivity index (χ0) is 21.2. The molecule has 1 amide bonds. The summed E-state index contributed by atoms with van der Waals surface area (Å²) in [5.74, 6) is 0.0324. The van der Waals surface area contributed by atoms with Gasteiger partial charge in [0, 0.05) is 25.2 Å². The van der Waals surface area contributed by atoms with Gasteiger partial charge in [0.15, 0.2) is 5.82 Å². The van der Waals surface area contributed by atoms with Crippen LogP contribution >= 0.6 is 22.9 Å². The number of carbonyl (C=O) groups excluding carboxylic acids is 1. The van der Waals surface area contributed by atoms with Gasteiger partial charge >= 0.3 is 6.18 Å². The molecule has 3 rings (SSSR count). The van der Waals surface area contributed by atoms with Crippen LogP contribution in [0.2, 0.25) is 4.34 Å². The van der Waals surface area contributed by atoms with Crippen molar-refractivity contribution in [1.29, 1.82) is 0 Å². The van der Waals surface area contributed by atoms with Gasteiger partial charge in [-0.1, -0.05) is 29.8 Å². The van der Waals surface area contributed by atoms with Gasteiger partial charge in [0.25, 0.3) is 5.91 Å². The molecule has 3 N–H and O–H groups in total. The van der Waals surface area contributed by atoms with Gasteiger partial charge in [-0.15, -0.1) is 11.3 Å². The summed E-state index contributed by atoms with van der Waals surface area (Å²) >= 11 is 7.28. The summed E-state index contributed by atoms with van der Waals surface area (Å²) in [5.41, 5.74) is 5.58. The lowest BCUT2D eigenvalue weighted by Crippen LogP contribution is -2.41. The third kappa shape index (κ3) is 4.77. The number of carbonyl (C=O) groups is 1. The molecule has 0 spiro atoms. The van der Waals surface area contributed by atoms with Crippen LogP contribution in [0.25, 0.3) is 11.4 Å². The molecule has 1 atom stereocenters. The van der Waals surface area contributed by atoms with Crippen molar-refractivity contribution in [2.24, 2.45) is 12.8 Å². The van der Waals surface area contributed by atoms with E-state index in [1.165, 1.54) is 29.2 Å². The summed E-state index contributed by atoms with van der Waals surface area (Å²) in [6.45, 7) is -0.0207. The maximum absolute atomic E-state index is 13.2. The maximum atomic E-state index is 13.2. The van der Waals surface area contributed by atoms with Crippen molar-refractivity contribution in [3.8, 4) is 11.4 Å². The number of amides is 1. The fourth-order valence-corrected chi connectivity index (χ4v) is 4.03. The van der Waals surface area contributed by atoms with Crippen LogP contribution in [-0.2, 0) is 19.6 Å². The highest BCUT2D eigenvalue weighted by atomic mass is 35.5. The molecule has 0 saturated heterocycles. The molecule has 3 aromatic rings. The molecular weight excluding hydrogens is 427 g/mol. The lowest BCUT2D eigenvalue weighted by Gasteiger charge is -2.19. The monoisotopic (exact) mass is 443 g/mol. The first-order valence-electron chi connectivity index (χ1n) is 8.50. The van der Waals surface area contributed by atoms with Crippen molar-refractivity contribution in [3.63, 3.8) is 0 Å². The van der Waals surface area contributed by atoms with Gasteiger partial charge in [-0.3, -0.25) is 4.79 Å². The molecule has 11 heteroatoms. The van der Waals surface area contributed by atoms with E-state index in [1.807, 2.05) is 0 Å². The molecule has 1 unspecified atom stereocenters. The quantitative estimate of drug-likeness (QED) is 0.610. The fourth-order valence-electron chi connectivity index (χ4n) is 2.86. The third-order valence-corrected chi connectivity index (χ3v) is 5.63. The third-order valence-electron chi connectivity index (χ3n) is 4.27. The van der Waals surface area contributed by atoms with Gasteiger partial charge in [-0.25, -0.2) is 9.67 Å². The Labute approximate surface area is 173 Å². The number of nitrogens with one attached hydrogen (secondary N) is 1. The molecule has 0 aliphatic carbocycles. The molecule has 1 aromatic carbocycles. The molecule has 154 valence electrons. The normalized spacial score (nSPS) is 12.8. The van der Waals surface area contributed by atoms with E-state index in [-0.39, 0.29) is 18.5 Å². The van der Waals surface area contributed by atoms with Crippen LogP contribution in [0.3, 0.4) is 0 Å². The Morgan fingerprint density at radius 3 is 2.72 bits per heavy atom. The van der Waals surface area contributed by atoms with Crippen LogP contribution in [0.5, 0.6) is 0 Å². The van der Waals surface area contributed by atoms with Crippen LogP contribution < -0.4 is 11.1 Å². The molecule has 0 bridgehead atoms. The summed E-state index contributed by atoms with van der Waals surface area (Å²) in [7, 11) is 1.69. The zero-order valence-electron chi connectivity index (χ0n) is 15.2. The minimum Gasteiger partial charge on any atom is -0.347 e. The predicted molar refractivity (Wildman–Crippen MR) is 105 cm³/mol. The molecule has 0 saturated carbocycles. The Hall–Kier alpha value is -2.43. The van der Waals surface area contributed by atoms with E-state index in [0.717, 1.165) is 17.4 Å². The summed E-state index contributed by atoms with van der Waals surface area (Å²) in [6.07, 6.45) is -3.16. The van der Waals surface area contributed by atoms with E-state index in [2.05, 4.69) is 15.4 Å². The number of thiophene rings is 1. The predicted octanol–water partition coefficient (Wildman–Crippen LogP) is 3.52. The molecule has 0 aliphatic heterocycles. The second kappa shape index (κ2) is 8.52. The number of alkyl halides is 3. The van der Waals surface area contributed by atoms with Gasteiger partial charge in [0.1, 0.15) is 10.7 Å². The maximum Gasteiger partial charge on any atom is 0.416 e. The molecule has 2 heterocycles. The Balaban J connectivity index is 1.77. The first kappa shape index (κ1) is 21.3. The van der Waals surface area contributed by atoms with Crippen molar-refractivity contribution in [2.75, 3.05) is 6.54 Å². The average Bonchev–Trinajstić information content (AvgIpc) is 3.25. The second-order valence-corrected chi connectivity index (χ2v) is 7.92. The molecule has 0 aliphatic rings.